The monoisotopic (exact) mass is 557 g/mol. The van der Waals surface area contributed by atoms with Crippen LogP contribution in [0.5, 0.6) is 0 Å². The van der Waals surface area contributed by atoms with Gasteiger partial charge in [0.25, 0.3) is 5.91 Å². The zero-order valence-electron chi connectivity index (χ0n) is 24.1. The van der Waals surface area contributed by atoms with Gasteiger partial charge in [-0.05, 0) is 82.3 Å². The number of nitrogens with one attached hydrogen (secondary N) is 2. The molecule has 2 fully saturated rings. The van der Waals surface area contributed by atoms with Crippen LogP contribution in [0.15, 0.2) is 35.3 Å². The number of hydrazine groups is 1. The summed E-state index contributed by atoms with van der Waals surface area (Å²) in [5, 5.41) is 0.938. The first-order chi connectivity index (χ1) is 19.4. The number of aryl methyl sites for hydroxylation is 1. The van der Waals surface area contributed by atoms with E-state index in [4.69, 9.17) is 19.6 Å². The van der Waals surface area contributed by atoms with Crippen molar-refractivity contribution < 1.29 is 29.1 Å². The smallest absolute Gasteiger partial charge is 0.265 e. The highest BCUT2D eigenvalue weighted by Crippen LogP contribution is 2.18. The average molecular weight is 558 g/mol. The largest absolute Gasteiger partial charge is 0.317 e. The van der Waals surface area contributed by atoms with E-state index in [1.807, 2.05) is 44.3 Å². The lowest BCUT2D eigenvalue weighted by Gasteiger charge is -2.29. The second-order valence-corrected chi connectivity index (χ2v) is 9.95. The third kappa shape index (κ3) is 9.90. The van der Waals surface area contributed by atoms with E-state index in [1.54, 1.807) is 25.1 Å². The van der Waals surface area contributed by atoms with Crippen molar-refractivity contribution >= 4 is 28.9 Å². The Morgan fingerprint density at radius 1 is 1.15 bits per heavy atom. The van der Waals surface area contributed by atoms with Crippen LogP contribution in [-0.2, 0) is 24.3 Å². The van der Waals surface area contributed by atoms with Crippen LogP contribution >= 0.6 is 0 Å². The second-order valence-electron chi connectivity index (χ2n) is 9.95. The van der Waals surface area contributed by atoms with E-state index >= 15 is 0 Å². The quantitative estimate of drug-likeness (QED) is 0.255. The first-order valence-electron chi connectivity index (χ1n) is 14.1. The van der Waals surface area contributed by atoms with Gasteiger partial charge >= 0.3 is 0 Å². The van der Waals surface area contributed by atoms with Crippen LogP contribution in [0.25, 0.3) is 10.9 Å². The fourth-order valence-corrected chi connectivity index (χ4v) is 4.43. The molecule has 3 unspecified atom stereocenters. The Labute approximate surface area is 236 Å². The van der Waals surface area contributed by atoms with Crippen molar-refractivity contribution in [1.82, 2.24) is 20.7 Å². The molecule has 0 spiro atoms. The number of fused-ring (bicyclic) bond motifs is 1. The van der Waals surface area contributed by atoms with Gasteiger partial charge in [0.2, 0.25) is 5.91 Å². The maximum absolute atomic E-state index is 12.6. The van der Waals surface area contributed by atoms with Crippen LogP contribution in [0.1, 0.15) is 74.3 Å². The molecule has 2 amide bonds. The zero-order chi connectivity index (χ0) is 28.7. The molecule has 3 heterocycles. The van der Waals surface area contributed by atoms with E-state index in [-0.39, 0.29) is 30.2 Å². The number of amides is 2. The van der Waals surface area contributed by atoms with Gasteiger partial charge in [0.15, 0.2) is 6.23 Å². The number of hydrogen-bond acceptors (Lipinski definition) is 9. The van der Waals surface area contributed by atoms with Crippen LogP contribution in [-0.4, -0.2) is 73.6 Å². The molecule has 2 aromatic rings. The predicted molar refractivity (Wildman–Crippen MR) is 152 cm³/mol. The highest BCUT2D eigenvalue weighted by atomic mass is 17.2. The van der Waals surface area contributed by atoms with Gasteiger partial charge in [-0.1, -0.05) is 13.0 Å². The van der Waals surface area contributed by atoms with Crippen molar-refractivity contribution in [2.45, 2.75) is 83.6 Å². The molecule has 2 aliphatic heterocycles. The van der Waals surface area contributed by atoms with Gasteiger partial charge in [0, 0.05) is 37.2 Å². The molecule has 0 aliphatic carbocycles. The molecule has 1 aromatic carbocycles. The molecule has 0 radical (unpaired) electrons. The molecule has 2 saturated heterocycles. The van der Waals surface area contributed by atoms with E-state index in [1.165, 1.54) is 0 Å². The molecule has 0 bridgehead atoms. The number of nitrogens with zero attached hydrogens (tertiary/aromatic N) is 3. The Kier molecular flexibility index (Phi) is 13.4. The first-order valence-corrected chi connectivity index (χ1v) is 14.1. The number of rotatable bonds is 10. The van der Waals surface area contributed by atoms with Crippen LogP contribution in [0.3, 0.4) is 0 Å². The Balaban J connectivity index is 0.000000285. The third-order valence-electron chi connectivity index (χ3n) is 6.75. The summed E-state index contributed by atoms with van der Waals surface area (Å²) in [7, 11) is 3.51. The average Bonchev–Trinajstić information content (AvgIpc) is 2.99. The summed E-state index contributed by atoms with van der Waals surface area (Å²) < 4.78 is 0. The van der Waals surface area contributed by atoms with Crippen LogP contribution in [0, 0.1) is 6.92 Å². The highest BCUT2D eigenvalue weighted by molar-refractivity contribution is 5.97. The SMILES string of the molecule is CCCC(=O)N(C)C1CCCOO1.CN=CCCC(NNC(=O)c1ccc2nc(C)ccc2c1)C1CCCOO1. The van der Waals surface area contributed by atoms with E-state index in [0.717, 1.165) is 61.5 Å². The van der Waals surface area contributed by atoms with E-state index in [9.17, 15) is 9.59 Å². The number of benzene rings is 1. The minimum Gasteiger partial charge on any atom is -0.317 e. The van der Waals surface area contributed by atoms with Gasteiger partial charge in [-0.25, -0.2) is 25.0 Å². The predicted octanol–water partition coefficient (Wildman–Crippen LogP) is 4.05. The van der Waals surface area contributed by atoms with Crippen molar-refractivity contribution in [3.05, 3.63) is 41.6 Å². The number of aliphatic imine (C=N–C) groups is 1. The van der Waals surface area contributed by atoms with Crippen molar-refractivity contribution in [2.75, 3.05) is 27.3 Å². The van der Waals surface area contributed by atoms with Crippen molar-refractivity contribution in [2.24, 2.45) is 4.99 Å². The molecule has 2 N–H and O–H groups in total. The van der Waals surface area contributed by atoms with Gasteiger partial charge in [0.1, 0.15) is 6.10 Å². The molecule has 4 rings (SSSR count). The zero-order valence-corrected chi connectivity index (χ0v) is 24.1. The molecule has 40 heavy (non-hydrogen) atoms. The molecule has 2 aliphatic rings. The number of pyridine rings is 1. The lowest BCUT2D eigenvalue weighted by Crippen LogP contribution is -2.51. The number of carbonyl (C=O) groups is 2. The van der Waals surface area contributed by atoms with Crippen LogP contribution in [0.2, 0.25) is 0 Å². The molecule has 11 nitrogen and oxygen atoms in total. The Morgan fingerprint density at radius 2 is 1.93 bits per heavy atom. The van der Waals surface area contributed by atoms with Gasteiger partial charge in [-0.2, -0.15) is 0 Å². The van der Waals surface area contributed by atoms with Gasteiger partial charge < -0.3 is 9.89 Å². The van der Waals surface area contributed by atoms with Crippen LogP contribution in [0.4, 0.5) is 0 Å². The summed E-state index contributed by atoms with van der Waals surface area (Å²) in [4.78, 5) is 54.5. The standard InChI is InChI=1S/C20H26N4O3.C9H17NO3/c1-14-7-8-15-13-16(9-10-17(15)22-14)20(25)24-23-18(5-3-11-21-2)19-6-4-12-26-27-19;1-3-5-8(11)10(2)9-6-4-7-12-13-9/h7-11,13,18-19,23H,3-6,12H2,1-2H3,(H,24,25);9H,3-7H2,1-2H3. The Bertz CT molecular complexity index is 1100. The van der Waals surface area contributed by atoms with Gasteiger partial charge in [-0.15, -0.1) is 0 Å². The maximum Gasteiger partial charge on any atom is 0.265 e. The lowest BCUT2D eigenvalue weighted by molar-refractivity contribution is -0.366. The fourth-order valence-electron chi connectivity index (χ4n) is 4.43. The topological polar surface area (TPSA) is 124 Å². The first kappa shape index (κ1) is 31.6. The number of carbonyl (C=O) groups excluding carboxylic acids is 2. The molecule has 0 saturated carbocycles. The van der Waals surface area contributed by atoms with Gasteiger partial charge in [0.05, 0.1) is 24.8 Å². The van der Waals surface area contributed by atoms with Crippen molar-refractivity contribution in [3.63, 3.8) is 0 Å². The minimum atomic E-state index is -0.191. The fraction of sp³-hybridized carbons (Fsp3) is 0.586. The Hall–Kier alpha value is -2.96. The summed E-state index contributed by atoms with van der Waals surface area (Å²) >= 11 is 0. The van der Waals surface area contributed by atoms with Crippen molar-refractivity contribution in [3.8, 4) is 0 Å². The minimum absolute atomic E-state index is 0.0583. The molecule has 11 heteroatoms. The lowest BCUT2D eigenvalue weighted by atomic mass is 10.0. The molecule has 1 aromatic heterocycles. The summed E-state index contributed by atoms with van der Waals surface area (Å²) in [6.07, 6.45) is 8.25. The normalized spacial score (nSPS) is 20.0. The van der Waals surface area contributed by atoms with Gasteiger partial charge in [-0.3, -0.25) is 20.0 Å². The Morgan fingerprint density at radius 3 is 2.60 bits per heavy atom. The summed E-state index contributed by atoms with van der Waals surface area (Å²) in [5.74, 6) is -0.0682. The van der Waals surface area contributed by atoms with E-state index in [0.29, 0.717) is 25.2 Å². The maximum atomic E-state index is 12.6. The highest BCUT2D eigenvalue weighted by Gasteiger charge is 2.26. The molecular weight excluding hydrogens is 514 g/mol. The summed E-state index contributed by atoms with van der Waals surface area (Å²) in [6, 6.07) is 9.35. The molecule has 220 valence electrons. The summed E-state index contributed by atoms with van der Waals surface area (Å²) in [5.41, 5.74) is 8.34. The summed E-state index contributed by atoms with van der Waals surface area (Å²) in [6.45, 7) is 5.18. The number of aromatic nitrogens is 1. The molecular formula is C29H43N5O6. The van der Waals surface area contributed by atoms with E-state index < -0.39 is 0 Å². The molecule has 3 atom stereocenters. The third-order valence-corrected chi connectivity index (χ3v) is 6.75. The number of hydrogen-bond donors (Lipinski definition) is 2. The van der Waals surface area contributed by atoms with Crippen LogP contribution < -0.4 is 10.9 Å². The van der Waals surface area contributed by atoms with Crippen molar-refractivity contribution in [1.29, 1.82) is 0 Å². The van der Waals surface area contributed by atoms with E-state index in [2.05, 4.69) is 20.8 Å². The second kappa shape index (κ2) is 17.0.